The minimum Gasteiger partial charge on any atom is -0.493 e. The quantitative estimate of drug-likeness (QED) is 0.147. The number of amides is 2. The molecule has 3 rings (SSSR count). The Labute approximate surface area is 249 Å². The second kappa shape index (κ2) is 16.3. The maximum absolute atomic E-state index is 13.7. The molecule has 0 spiro atoms. The smallest absolute Gasteiger partial charge is 0.247 e. The van der Waals surface area contributed by atoms with Gasteiger partial charge in [0.15, 0.2) is 11.5 Å². The van der Waals surface area contributed by atoms with Crippen LogP contribution in [-0.4, -0.2) is 91.5 Å². The van der Waals surface area contributed by atoms with Crippen LogP contribution in [0.3, 0.4) is 0 Å². The predicted molar refractivity (Wildman–Crippen MR) is 158 cm³/mol. The number of nitrogens with one attached hydrogen (secondary N) is 1. The first-order chi connectivity index (χ1) is 19.3. The number of ether oxygens (including phenoxy) is 3. The van der Waals surface area contributed by atoms with E-state index >= 15 is 0 Å². The van der Waals surface area contributed by atoms with Gasteiger partial charge in [-0.15, -0.1) is 0 Å². The van der Waals surface area contributed by atoms with E-state index in [2.05, 4.69) is 5.32 Å². The highest BCUT2D eigenvalue weighted by atomic mass is 127. The minimum absolute atomic E-state index is 0.0503. The summed E-state index contributed by atoms with van der Waals surface area (Å²) in [6, 6.07) is 2.47. The van der Waals surface area contributed by atoms with E-state index in [1.54, 1.807) is 23.1 Å². The molecule has 40 heavy (non-hydrogen) atoms. The van der Waals surface area contributed by atoms with Crippen molar-refractivity contribution in [3.05, 3.63) is 32.9 Å². The number of aliphatic hydroxyl groups excluding tert-OH is 2. The number of halogens is 1. The molecule has 1 fully saturated rings. The van der Waals surface area contributed by atoms with Gasteiger partial charge in [0.1, 0.15) is 18.5 Å². The monoisotopic (exact) mass is 672 g/mol. The second-order valence-electron chi connectivity index (χ2n) is 10.2. The molecule has 0 radical (unpaired) electrons. The van der Waals surface area contributed by atoms with Crippen LogP contribution < -0.4 is 14.8 Å². The Morgan fingerprint density at radius 2 is 2.00 bits per heavy atom. The van der Waals surface area contributed by atoms with Crippen molar-refractivity contribution in [3.63, 3.8) is 0 Å². The molecule has 0 heterocycles. The lowest BCUT2D eigenvalue weighted by Gasteiger charge is -2.41. The van der Waals surface area contributed by atoms with E-state index in [0.717, 1.165) is 25.7 Å². The number of methoxy groups -OCH3 is 1. The summed E-state index contributed by atoms with van der Waals surface area (Å²) in [5.41, 5.74) is 0.768. The Morgan fingerprint density at radius 3 is 2.65 bits per heavy atom. The standard InChI is InChI=1S/C29H41IN2O8/c1-3-39-12-6-10-32(26(35)15-19-7-4-5-8-19)23-16-21(29(37)31-9-11-33)17-24(27(23)36)40-28-22(30)13-20(18-34)14-25(28)38-2/h13-14,17-19,23-24,27,33,36H,3-12,15-16H2,1-2H3,(H,31,37). The van der Waals surface area contributed by atoms with Crippen molar-refractivity contribution < 1.29 is 38.8 Å². The Hall–Kier alpha value is -2.22. The van der Waals surface area contributed by atoms with Gasteiger partial charge < -0.3 is 34.6 Å². The van der Waals surface area contributed by atoms with Crippen molar-refractivity contribution in [3.8, 4) is 11.5 Å². The third kappa shape index (κ3) is 8.64. The number of carbonyl (C=O) groups excluding carboxylic acids is 3. The Balaban J connectivity index is 1.95. The van der Waals surface area contributed by atoms with Crippen LogP contribution in [0.1, 0.15) is 62.2 Å². The van der Waals surface area contributed by atoms with Gasteiger partial charge in [-0.25, -0.2) is 0 Å². The topological polar surface area (TPSA) is 135 Å². The lowest BCUT2D eigenvalue weighted by Crippen LogP contribution is -2.55. The van der Waals surface area contributed by atoms with E-state index < -0.39 is 24.2 Å². The van der Waals surface area contributed by atoms with Crippen molar-refractivity contribution in [2.45, 2.75) is 70.1 Å². The van der Waals surface area contributed by atoms with E-state index in [0.29, 0.717) is 71.0 Å². The molecule has 0 saturated heterocycles. The molecule has 11 heteroatoms. The van der Waals surface area contributed by atoms with E-state index in [1.165, 1.54) is 7.11 Å². The predicted octanol–water partition coefficient (Wildman–Crippen LogP) is 2.86. The third-order valence-electron chi connectivity index (χ3n) is 7.41. The first-order valence-corrected chi connectivity index (χ1v) is 15.0. The number of nitrogens with zero attached hydrogens (tertiary/aromatic N) is 1. The van der Waals surface area contributed by atoms with Gasteiger partial charge in [0.05, 0.1) is 23.3 Å². The zero-order valence-corrected chi connectivity index (χ0v) is 25.4. The number of hydrogen-bond acceptors (Lipinski definition) is 8. The molecule has 0 aromatic heterocycles. The van der Waals surface area contributed by atoms with Crippen LogP contribution in [0.2, 0.25) is 0 Å². The maximum atomic E-state index is 13.7. The number of aldehydes is 1. The van der Waals surface area contributed by atoms with Crippen molar-refractivity contribution in [2.75, 3.05) is 40.0 Å². The molecule has 3 unspecified atom stereocenters. The lowest BCUT2D eigenvalue weighted by molar-refractivity contribution is -0.139. The van der Waals surface area contributed by atoms with Gasteiger partial charge in [-0.1, -0.05) is 12.8 Å². The molecular formula is C29H41IN2O8. The van der Waals surface area contributed by atoms with Gasteiger partial charge >= 0.3 is 0 Å². The molecule has 10 nitrogen and oxygen atoms in total. The van der Waals surface area contributed by atoms with Crippen LogP contribution in [0, 0.1) is 9.49 Å². The second-order valence-corrected chi connectivity index (χ2v) is 11.3. The van der Waals surface area contributed by atoms with Gasteiger partial charge in [0.2, 0.25) is 11.8 Å². The summed E-state index contributed by atoms with van der Waals surface area (Å²) in [4.78, 5) is 39.8. The molecule has 2 aliphatic rings. The van der Waals surface area contributed by atoms with E-state index in [1.807, 2.05) is 29.5 Å². The van der Waals surface area contributed by atoms with Crippen molar-refractivity contribution in [1.29, 1.82) is 0 Å². The first-order valence-electron chi connectivity index (χ1n) is 14.0. The summed E-state index contributed by atoms with van der Waals surface area (Å²) in [7, 11) is 1.46. The molecule has 3 atom stereocenters. The highest BCUT2D eigenvalue weighted by Crippen LogP contribution is 2.37. The lowest BCUT2D eigenvalue weighted by atomic mass is 9.87. The molecular weight excluding hydrogens is 631 g/mol. The minimum atomic E-state index is -1.14. The summed E-state index contributed by atoms with van der Waals surface area (Å²) in [5.74, 6) is 0.513. The zero-order chi connectivity index (χ0) is 29.1. The Bertz CT molecular complexity index is 1040. The third-order valence-corrected chi connectivity index (χ3v) is 8.21. The van der Waals surface area contributed by atoms with Gasteiger partial charge in [0, 0.05) is 50.3 Å². The van der Waals surface area contributed by atoms with E-state index in [9.17, 15) is 24.6 Å². The fourth-order valence-electron chi connectivity index (χ4n) is 5.37. The number of carbonyl (C=O) groups is 3. The fraction of sp³-hybridized carbons (Fsp3) is 0.621. The highest BCUT2D eigenvalue weighted by molar-refractivity contribution is 14.1. The highest BCUT2D eigenvalue weighted by Gasteiger charge is 2.41. The molecule has 3 N–H and O–H groups in total. The average molecular weight is 673 g/mol. The van der Waals surface area contributed by atoms with Crippen LogP contribution in [-0.2, 0) is 14.3 Å². The first kappa shape index (κ1) is 32.3. The summed E-state index contributed by atoms with van der Waals surface area (Å²) in [6.45, 7) is 3.19. The SMILES string of the molecule is CCOCCCN(C(=O)CC1CCCC1)C1CC(C(=O)NCCO)=CC(Oc2c(I)cc(C=O)cc2OC)C1O. The summed E-state index contributed by atoms with van der Waals surface area (Å²) < 4.78 is 17.8. The number of rotatable bonds is 15. The summed E-state index contributed by atoms with van der Waals surface area (Å²) in [6.07, 6.45) is 5.55. The fourth-order valence-corrected chi connectivity index (χ4v) is 6.13. The van der Waals surface area contributed by atoms with Gasteiger partial charge in [0.25, 0.3) is 0 Å². The number of hydrogen-bond donors (Lipinski definition) is 3. The Kier molecular flexibility index (Phi) is 13.1. The van der Waals surface area contributed by atoms with Crippen LogP contribution in [0.4, 0.5) is 0 Å². The average Bonchev–Trinajstić information content (AvgIpc) is 3.46. The number of aliphatic hydroxyl groups is 2. The van der Waals surface area contributed by atoms with Crippen molar-refractivity contribution >= 4 is 40.7 Å². The zero-order valence-electron chi connectivity index (χ0n) is 23.3. The normalized spacial score (nSPS) is 21.0. The maximum Gasteiger partial charge on any atom is 0.247 e. The molecule has 1 aromatic rings. The van der Waals surface area contributed by atoms with Crippen LogP contribution in [0.25, 0.3) is 0 Å². The van der Waals surface area contributed by atoms with Crippen LogP contribution in [0.15, 0.2) is 23.8 Å². The Morgan fingerprint density at radius 1 is 1.25 bits per heavy atom. The number of benzene rings is 1. The van der Waals surface area contributed by atoms with Crippen molar-refractivity contribution in [2.24, 2.45) is 5.92 Å². The largest absolute Gasteiger partial charge is 0.493 e. The molecule has 1 saturated carbocycles. The van der Waals surface area contributed by atoms with Gasteiger partial charge in [-0.05, 0) is 72.9 Å². The van der Waals surface area contributed by atoms with Crippen molar-refractivity contribution in [1.82, 2.24) is 10.2 Å². The van der Waals surface area contributed by atoms with Gasteiger partial charge in [-0.2, -0.15) is 0 Å². The molecule has 0 aliphatic heterocycles. The summed E-state index contributed by atoms with van der Waals surface area (Å²) in [5, 5.41) is 23.5. The van der Waals surface area contributed by atoms with Gasteiger partial charge in [-0.3, -0.25) is 14.4 Å². The molecule has 1 aromatic carbocycles. The van der Waals surface area contributed by atoms with E-state index in [4.69, 9.17) is 14.2 Å². The molecule has 2 amide bonds. The van der Waals surface area contributed by atoms with Crippen LogP contribution >= 0.6 is 22.6 Å². The summed E-state index contributed by atoms with van der Waals surface area (Å²) >= 11 is 2.03. The van der Waals surface area contributed by atoms with E-state index in [-0.39, 0.29) is 25.5 Å². The van der Waals surface area contributed by atoms with Crippen LogP contribution in [0.5, 0.6) is 11.5 Å². The molecule has 2 aliphatic carbocycles. The molecule has 222 valence electrons. The molecule has 0 bridgehead atoms.